The van der Waals surface area contributed by atoms with E-state index in [1.54, 1.807) is 24.3 Å². The molecule has 0 radical (unpaired) electrons. The van der Waals surface area contributed by atoms with Crippen LogP contribution >= 0.6 is 11.6 Å². The van der Waals surface area contributed by atoms with Crippen molar-refractivity contribution in [1.29, 1.82) is 0 Å². The zero-order chi connectivity index (χ0) is 12.2. The molecule has 1 rings (SSSR count). The SMILES string of the molecule is O=C(NCc1ccc(Cl)cc1)NC(F)(F)F. The minimum atomic E-state index is -4.72. The number of benzene rings is 1. The first-order valence-electron chi connectivity index (χ1n) is 4.24. The van der Waals surface area contributed by atoms with Gasteiger partial charge in [0.1, 0.15) is 0 Å². The first-order chi connectivity index (χ1) is 7.37. The minimum absolute atomic E-state index is 0.000910. The van der Waals surface area contributed by atoms with Gasteiger partial charge in [0.05, 0.1) is 0 Å². The summed E-state index contributed by atoms with van der Waals surface area (Å²) in [5.41, 5.74) is 0.654. The third-order valence-corrected chi connectivity index (χ3v) is 1.87. The number of rotatable bonds is 2. The second-order valence-corrected chi connectivity index (χ2v) is 3.37. The van der Waals surface area contributed by atoms with Crippen LogP contribution in [0.25, 0.3) is 0 Å². The van der Waals surface area contributed by atoms with Gasteiger partial charge in [-0.15, -0.1) is 0 Å². The zero-order valence-electron chi connectivity index (χ0n) is 7.94. The lowest BCUT2D eigenvalue weighted by Gasteiger charge is -2.09. The molecule has 16 heavy (non-hydrogen) atoms. The quantitative estimate of drug-likeness (QED) is 0.781. The van der Waals surface area contributed by atoms with Gasteiger partial charge in [0.25, 0.3) is 0 Å². The van der Waals surface area contributed by atoms with Crippen molar-refractivity contribution in [3.05, 3.63) is 34.9 Å². The van der Waals surface area contributed by atoms with Crippen molar-refractivity contribution < 1.29 is 18.0 Å². The third kappa shape index (κ3) is 4.88. The van der Waals surface area contributed by atoms with E-state index < -0.39 is 12.3 Å². The van der Waals surface area contributed by atoms with E-state index in [9.17, 15) is 18.0 Å². The van der Waals surface area contributed by atoms with Crippen molar-refractivity contribution >= 4 is 17.6 Å². The van der Waals surface area contributed by atoms with E-state index in [1.165, 1.54) is 0 Å². The molecule has 0 fully saturated rings. The van der Waals surface area contributed by atoms with Crippen LogP contribution < -0.4 is 10.6 Å². The van der Waals surface area contributed by atoms with Crippen LogP contribution in [0.2, 0.25) is 5.02 Å². The van der Waals surface area contributed by atoms with Gasteiger partial charge in [0, 0.05) is 11.6 Å². The molecule has 0 aromatic heterocycles. The maximum Gasteiger partial charge on any atom is 0.485 e. The molecule has 3 nitrogen and oxygen atoms in total. The van der Waals surface area contributed by atoms with E-state index in [-0.39, 0.29) is 6.54 Å². The summed E-state index contributed by atoms with van der Waals surface area (Å²) in [6.45, 7) is -0.000910. The monoisotopic (exact) mass is 252 g/mol. The smallest absolute Gasteiger partial charge is 0.334 e. The highest BCUT2D eigenvalue weighted by Crippen LogP contribution is 2.10. The Labute approximate surface area is 94.6 Å². The highest BCUT2D eigenvalue weighted by atomic mass is 35.5. The molecule has 2 N–H and O–H groups in total. The Morgan fingerprint density at radius 1 is 1.25 bits per heavy atom. The van der Waals surface area contributed by atoms with Crippen LogP contribution in [-0.4, -0.2) is 12.3 Å². The van der Waals surface area contributed by atoms with E-state index >= 15 is 0 Å². The van der Waals surface area contributed by atoms with Crippen molar-refractivity contribution in [2.24, 2.45) is 0 Å². The molecular weight excluding hydrogens is 245 g/mol. The normalized spacial score (nSPS) is 11.0. The molecule has 0 spiro atoms. The summed E-state index contributed by atoms with van der Waals surface area (Å²) in [7, 11) is 0. The maximum absolute atomic E-state index is 11.7. The van der Waals surface area contributed by atoms with Gasteiger partial charge in [-0.25, -0.2) is 10.1 Å². The summed E-state index contributed by atoms with van der Waals surface area (Å²) in [5.74, 6) is 0. The number of hydrogen-bond donors (Lipinski definition) is 2. The van der Waals surface area contributed by atoms with Crippen LogP contribution in [0, 0.1) is 0 Å². The lowest BCUT2D eigenvalue weighted by Crippen LogP contribution is -2.43. The van der Waals surface area contributed by atoms with Crippen LogP contribution in [0.5, 0.6) is 0 Å². The lowest BCUT2D eigenvalue weighted by atomic mass is 10.2. The molecule has 1 aromatic rings. The highest BCUT2D eigenvalue weighted by Gasteiger charge is 2.29. The fourth-order valence-electron chi connectivity index (χ4n) is 0.958. The van der Waals surface area contributed by atoms with Gasteiger partial charge < -0.3 is 5.32 Å². The molecule has 0 aliphatic rings. The number of alkyl halides is 3. The van der Waals surface area contributed by atoms with Gasteiger partial charge in [0.2, 0.25) is 0 Å². The van der Waals surface area contributed by atoms with Crippen LogP contribution in [0.3, 0.4) is 0 Å². The van der Waals surface area contributed by atoms with Gasteiger partial charge in [-0.3, -0.25) is 0 Å². The van der Waals surface area contributed by atoms with Crippen molar-refractivity contribution in [3.63, 3.8) is 0 Å². The first-order valence-corrected chi connectivity index (χ1v) is 4.62. The summed E-state index contributed by atoms with van der Waals surface area (Å²) in [4.78, 5) is 10.7. The van der Waals surface area contributed by atoms with Gasteiger partial charge in [-0.05, 0) is 17.7 Å². The number of urea groups is 1. The minimum Gasteiger partial charge on any atom is -0.334 e. The summed E-state index contributed by atoms with van der Waals surface area (Å²) >= 11 is 5.61. The Morgan fingerprint density at radius 2 is 1.81 bits per heavy atom. The molecule has 88 valence electrons. The van der Waals surface area contributed by atoms with Crippen LogP contribution in [0.4, 0.5) is 18.0 Å². The lowest BCUT2D eigenvalue weighted by molar-refractivity contribution is -0.145. The summed E-state index contributed by atoms with van der Waals surface area (Å²) in [6, 6.07) is 5.09. The summed E-state index contributed by atoms with van der Waals surface area (Å²) < 4.78 is 35.1. The zero-order valence-corrected chi connectivity index (χ0v) is 8.69. The van der Waals surface area contributed by atoms with Gasteiger partial charge >= 0.3 is 12.3 Å². The fourth-order valence-corrected chi connectivity index (χ4v) is 1.08. The molecule has 0 saturated carbocycles. The van der Waals surface area contributed by atoms with Crippen molar-refractivity contribution in [3.8, 4) is 0 Å². The topological polar surface area (TPSA) is 41.1 Å². The Hall–Kier alpha value is -1.43. The second kappa shape index (κ2) is 5.07. The maximum atomic E-state index is 11.7. The number of nitrogens with one attached hydrogen (secondary N) is 2. The molecule has 2 amide bonds. The van der Waals surface area contributed by atoms with E-state index in [0.717, 1.165) is 5.32 Å². The number of hydrogen-bond acceptors (Lipinski definition) is 1. The van der Waals surface area contributed by atoms with Gasteiger partial charge in [0.15, 0.2) is 0 Å². The van der Waals surface area contributed by atoms with E-state index in [4.69, 9.17) is 11.6 Å². The van der Waals surface area contributed by atoms with Gasteiger partial charge in [-0.2, -0.15) is 13.2 Å². The van der Waals surface area contributed by atoms with Crippen LogP contribution in [0.15, 0.2) is 24.3 Å². The Bertz CT molecular complexity index is 364. The molecule has 0 aliphatic heterocycles. The van der Waals surface area contributed by atoms with E-state index in [0.29, 0.717) is 10.6 Å². The van der Waals surface area contributed by atoms with E-state index in [2.05, 4.69) is 5.32 Å². The van der Waals surface area contributed by atoms with Crippen molar-refractivity contribution in [1.82, 2.24) is 10.6 Å². The Kier molecular flexibility index (Phi) is 4.00. The van der Waals surface area contributed by atoms with Crippen LogP contribution in [-0.2, 0) is 6.54 Å². The molecule has 0 heterocycles. The van der Waals surface area contributed by atoms with Crippen LogP contribution in [0.1, 0.15) is 5.56 Å². The molecule has 0 aliphatic carbocycles. The van der Waals surface area contributed by atoms with Crippen molar-refractivity contribution in [2.45, 2.75) is 12.8 Å². The molecular formula is C9H8ClF3N2O. The third-order valence-electron chi connectivity index (χ3n) is 1.62. The number of halogens is 4. The largest absolute Gasteiger partial charge is 0.485 e. The number of carbonyl (C=O) groups excluding carboxylic acids is 1. The molecule has 7 heteroatoms. The average Bonchev–Trinajstić information content (AvgIpc) is 2.14. The number of amides is 2. The Balaban J connectivity index is 2.40. The van der Waals surface area contributed by atoms with Crippen molar-refractivity contribution in [2.75, 3.05) is 0 Å². The standard InChI is InChI=1S/C9H8ClF3N2O/c10-7-3-1-6(2-4-7)5-14-8(16)15-9(11,12)13/h1-4H,5H2,(H2,14,15,16). The highest BCUT2D eigenvalue weighted by molar-refractivity contribution is 6.30. The predicted octanol–water partition coefficient (Wildman–Crippen LogP) is 2.66. The van der Waals surface area contributed by atoms with E-state index in [1.807, 2.05) is 0 Å². The molecule has 0 bridgehead atoms. The second-order valence-electron chi connectivity index (χ2n) is 2.93. The number of carbonyl (C=O) groups is 1. The Morgan fingerprint density at radius 3 is 2.31 bits per heavy atom. The molecule has 0 unspecified atom stereocenters. The average molecular weight is 253 g/mol. The van der Waals surface area contributed by atoms with Gasteiger partial charge in [-0.1, -0.05) is 23.7 Å². The summed E-state index contributed by atoms with van der Waals surface area (Å²) in [5, 5.41) is 3.40. The molecule has 1 aromatic carbocycles. The fraction of sp³-hybridized carbons (Fsp3) is 0.222. The predicted molar refractivity (Wildman–Crippen MR) is 52.9 cm³/mol. The molecule has 0 atom stereocenters. The first kappa shape index (κ1) is 12.6. The molecule has 0 saturated heterocycles. The summed E-state index contributed by atoms with van der Waals surface area (Å²) in [6.07, 6.45) is -4.72.